The molecule has 0 aliphatic carbocycles. The van der Waals surface area contributed by atoms with Crippen LogP contribution in [0.5, 0.6) is 0 Å². The van der Waals surface area contributed by atoms with Crippen LogP contribution in [-0.4, -0.2) is 43.1 Å². The molecule has 2 unspecified atom stereocenters. The van der Waals surface area contributed by atoms with Crippen molar-refractivity contribution in [3.05, 3.63) is 33.9 Å². The number of nitro benzene ring substituents is 1. The largest absolute Gasteiger partial charge is 0.366 e. The molecule has 2 N–H and O–H groups in total. The molecule has 2 aliphatic heterocycles. The molecule has 7 nitrogen and oxygen atoms in total. The number of carbonyl (C=O) groups excluding carboxylic acids is 1. The van der Waals surface area contributed by atoms with Crippen LogP contribution in [0.15, 0.2) is 18.2 Å². The Morgan fingerprint density at radius 1 is 1.36 bits per heavy atom. The summed E-state index contributed by atoms with van der Waals surface area (Å²) in [6.07, 6.45) is 3.11. The predicted molar refractivity (Wildman–Crippen MR) is 99.7 cm³/mol. The number of piperidine rings is 1. The molecule has 138 valence electrons. The number of halogens is 1. The Labute approximate surface area is 153 Å². The Bertz CT molecular complexity index is 634. The van der Waals surface area contributed by atoms with Crippen molar-refractivity contribution >= 4 is 29.7 Å². The van der Waals surface area contributed by atoms with Crippen LogP contribution < -0.4 is 15.5 Å². The normalized spacial score (nSPS) is 23.0. The minimum atomic E-state index is -0.394. The third-order valence-electron chi connectivity index (χ3n) is 5.03. The van der Waals surface area contributed by atoms with Gasteiger partial charge in [0.15, 0.2) is 0 Å². The number of nitro groups is 1. The summed E-state index contributed by atoms with van der Waals surface area (Å²) in [7, 11) is 0. The van der Waals surface area contributed by atoms with Crippen molar-refractivity contribution < 1.29 is 9.72 Å². The van der Waals surface area contributed by atoms with Crippen molar-refractivity contribution in [2.24, 2.45) is 5.92 Å². The van der Waals surface area contributed by atoms with E-state index in [4.69, 9.17) is 0 Å². The maximum Gasteiger partial charge on any atom is 0.293 e. The standard InChI is InChI=1S/C17H24N4O3.ClH/c1-12-6-7-18-11-14(12)19-17(22)13-4-5-15(16(10-13)21(23)24)20-8-2-3-9-20;/h4-5,10,12,14,18H,2-3,6-9,11H2,1H3,(H,19,22);1H. The Balaban J connectivity index is 0.00000225. The molecule has 2 fully saturated rings. The molecular formula is C17H25ClN4O3. The van der Waals surface area contributed by atoms with E-state index in [1.54, 1.807) is 12.1 Å². The summed E-state index contributed by atoms with van der Waals surface area (Å²) in [5.41, 5.74) is 0.975. The second-order valence-corrected chi connectivity index (χ2v) is 6.70. The highest BCUT2D eigenvalue weighted by Gasteiger charge is 2.26. The van der Waals surface area contributed by atoms with Gasteiger partial charge in [-0.25, -0.2) is 0 Å². The van der Waals surface area contributed by atoms with Crippen LogP contribution in [0.25, 0.3) is 0 Å². The summed E-state index contributed by atoms with van der Waals surface area (Å²) >= 11 is 0. The zero-order valence-electron chi connectivity index (χ0n) is 14.4. The molecule has 2 saturated heterocycles. The summed E-state index contributed by atoms with van der Waals surface area (Å²) in [4.78, 5) is 25.6. The highest BCUT2D eigenvalue weighted by molar-refractivity contribution is 5.96. The molecule has 1 amide bonds. The number of nitrogens with one attached hydrogen (secondary N) is 2. The number of amides is 1. The van der Waals surface area contributed by atoms with E-state index in [9.17, 15) is 14.9 Å². The van der Waals surface area contributed by atoms with Crippen molar-refractivity contribution in [1.82, 2.24) is 10.6 Å². The van der Waals surface area contributed by atoms with Gasteiger partial charge in [-0.3, -0.25) is 14.9 Å². The van der Waals surface area contributed by atoms with Crippen molar-refractivity contribution in [2.75, 3.05) is 31.1 Å². The van der Waals surface area contributed by atoms with Crippen LogP contribution in [0, 0.1) is 16.0 Å². The second kappa shape index (κ2) is 8.49. The van der Waals surface area contributed by atoms with E-state index in [1.165, 1.54) is 6.07 Å². The third kappa shape index (κ3) is 4.41. The number of carbonyl (C=O) groups is 1. The fourth-order valence-electron chi connectivity index (χ4n) is 3.47. The van der Waals surface area contributed by atoms with Crippen molar-refractivity contribution in [3.63, 3.8) is 0 Å². The predicted octanol–water partition coefficient (Wildman–Crippen LogP) is 2.34. The van der Waals surface area contributed by atoms with E-state index >= 15 is 0 Å². The molecule has 0 bridgehead atoms. The highest BCUT2D eigenvalue weighted by Crippen LogP contribution is 2.31. The molecule has 2 atom stereocenters. The minimum Gasteiger partial charge on any atom is -0.366 e. The maximum atomic E-state index is 12.5. The molecule has 2 aliphatic rings. The van der Waals surface area contributed by atoms with E-state index < -0.39 is 4.92 Å². The first-order valence-electron chi connectivity index (χ1n) is 8.61. The SMILES string of the molecule is CC1CCNCC1NC(=O)c1ccc(N2CCCC2)c([N+](=O)[O-])c1.Cl. The van der Waals surface area contributed by atoms with Crippen molar-refractivity contribution in [1.29, 1.82) is 0 Å². The summed E-state index contributed by atoms with van der Waals surface area (Å²) < 4.78 is 0. The Kier molecular flexibility index (Phi) is 6.61. The van der Waals surface area contributed by atoms with Gasteiger partial charge in [0.05, 0.1) is 4.92 Å². The average molecular weight is 369 g/mol. The zero-order chi connectivity index (χ0) is 17.1. The fourth-order valence-corrected chi connectivity index (χ4v) is 3.47. The van der Waals surface area contributed by atoms with Gasteiger partial charge in [-0.2, -0.15) is 0 Å². The van der Waals surface area contributed by atoms with Crippen LogP contribution in [0.3, 0.4) is 0 Å². The van der Waals surface area contributed by atoms with Crippen LogP contribution in [0.2, 0.25) is 0 Å². The van der Waals surface area contributed by atoms with E-state index in [0.717, 1.165) is 45.4 Å². The summed E-state index contributed by atoms with van der Waals surface area (Å²) in [5, 5.41) is 17.7. The molecule has 0 saturated carbocycles. The van der Waals surface area contributed by atoms with Gasteiger partial charge in [-0.05, 0) is 43.9 Å². The summed E-state index contributed by atoms with van der Waals surface area (Å²) in [6.45, 7) is 5.48. The molecule has 3 rings (SSSR count). The second-order valence-electron chi connectivity index (χ2n) is 6.70. The maximum absolute atomic E-state index is 12.5. The first-order chi connectivity index (χ1) is 11.6. The van der Waals surface area contributed by atoms with Gasteiger partial charge in [0, 0.05) is 37.3 Å². The lowest BCUT2D eigenvalue weighted by molar-refractivity contribution is -0.384. The molecule has 0 aromatic heterocycles. The van der Waals surface area contributed by atoms with Gasteiger partial charge in [0.2, 0.25) is 0 Å². The molecule has 1 aromatic rings. The lowest BCUT2D eigenvalue weighted by atomic mass is 9.94. The number of nitrogens with zero attached hydrogens (tertiary/aromatic N) is 2. The minimum absolute atomic E-state index is 0. The summed E-state index contributed by atoms with van der Waals surface area (Å²) in [6, 6.07) is 4.87. The van der Waals surface area contributed by atoms with E-state index in [0.29, 0.717) is 17.2 Å². The number of hydrogen-bond acceptors (Lipinski definition) is 5. The van der Waals surface area contributed by atoms with Crippen LogP contribution in [0.1, 0.15) is 36.5 Å². The number of rotatable bonds is 4. The molecular weight excluding hydrogens is 344 g/mol. The Morgan fingerprint density at radius 3 is 2.72 bits per heavy atom. The van der Waals surface area contributed by atoms with Gasteiger partial charge in [-0.1, -0.05) is 6.92 Å². The van der Waals surface area contributed by atoms with Crippen LogP contribution >= 0.6 is 12.4 Å². The van der Waals surface area contributed by atoms with Crippen molar-refractivity contribution in [2.45, 2.75) is 32.2 Å². The first kappa shape index (κ1) is 19.5. The lowest BCUT2D eigenvalue weighted by Gasteiger charge is -2.30. The molecule has 0 spiro atoms. The topological polar surface area (TPSA) is 87.5 Å². The monoisotopic (exact) mass is 368 g/mol. The Morgan fingerprint density at radius 2 is 2.08 bits per heavy atom. The van der Waals surface area contributed by atoms with Gasteiger partial charge in [0.25, 0.3) is 11.6 Å². The third-order valence-corrected chi connectivity index (χ3v) is 5.03. The number of anilines is 1. The smallest absolute Gasteiger partial charge is 0.293 e. The van der Waals surface area contributed by atoms with Gasteiger partial charge >= 0.3 is 0 Å². The van der Waals surface area contributed by atoms with Gasteiger partial charge in [-0.15, -0.1) is 12.4 Å². The van der Waals surface area contributed by atoms with Gasteiger partial charge in [0.1, 0.15) is 5.69 Å². The summed E-state index contributed by atoms with van der Waals surface area (Å²) in [5.74, 6) is 0.153. The van der Waals surface area contributed by atoms with Crippen molar-refractivity contribution in [3.8, 4) is 0 Å². The first-order valence-corrected chi connectivity index (χ1v) is 8.61. The van der Waals surface area contributed by atoms with Gasteiger partial charge < -0.3 is 15.5 Å². The Hall–Kier alpha value is -1.86. The lowest BCUT2D eigenvalue weighted by Crippen LogP contribution is -2.50. The number of hydrogen-bond donors (Lipinski definition) is 2. The van der Waals surface area contributed by atoms with Crippen LogP contribution in [-0.2, 0) is 0 Å². The molecule has 25 heavy (non-hydrogen) atoms. The van der Waals surface area contributed by atoms with E-state index in [2.05, 4.69) is 17.6 Å². The van der Waals surface area contributed by atoms with Crippen LogP contribution in [0.4, 0.5) is 11.4 Å². The fraction of sp³-hybridized carbons (Fsp3) is 0.588. The van der Waals surface area contributed by atoms with E-state index in [1.807, 2.05) is 4.90 Å². The average Bonchev–Trinajstić information content (AvgIpc) is 3.10. The van der Waals surface area contributed by atoms with E-state index in [-0.39, 0.29) is 30.0 Å². The highest BCUT2D eigenvalue weighted by atomic mass is 35.5. The molecule has 1 aromatic carbocycles. The molecule has 8 heteroatoms. The molecule has 0 radical (unpaired) electrons. The zero-order valence-corrected chi connectivity index (χ0v) is 15.2. The molecule has 2 heterocycles. The number of benzene rings is 1. The quantitative estimate of drug-likeness (QED) is 0.629.